The number of esters is 1. The first-order valence-corrected chi connectivity index (χ1v) is 12.8. The van der Waals surface area contributed by atoms with Gasteiger partial charge in [0.25, 0.3) is 0 Å². The summed E-state index contributed by atoms with van der Waals surface area (Å²) in [6.07, 6.45) is 1.13. The van der Waals surface area contributed by atoms with Crippen LogP contribution in [-0.2, 0) is 20.9 Å². The fourth-order valence-corrected chi connectivity index (χ4v) is 5.79. The number of halogens is 2. The number of methoxy groups -OCH3 is 2. The van der Waals surface area contributed by atoms with E-state index in [1.165, 1.54) is 7.11 Å². The summed E-state index contributed by atoms with van der Waals surface area (Å²) < 4.78 is 17.5. The molecule has 190 valence electrons. The molecule has 1 N–H and O–H groups in total. The molecule has 36 heavy (non-hydrogen) atoms. The highest BCUT2D eigenvalue weighted by molar-refractivity contribution is 9.10. The van der Waals surface area contributed by atoms with Crippen LogP contribution >= 0.6 is 27.5 Å². The number of allylic oxidation sites excluding steroid dienone is 3. The van der Waals surface area contributed by atoms with E-state index in [0.717, 1.165) is 21.3 Å². The van der Waals surface area contributed by atoms with Crippen molar-refractivity contribution in [3.8, 4) is 11.5 Å². The van der Waals surface area contributed by atoms with Crippen LogP contribution in [-0.4, -0.2) is 26.0 Å². The molecule has 0 saturated carbocycles. The molecule has 0 amide bonds. The molecule has 8 heteroatoms. The van der Waals surface area contributed by atoms with Crippen LogP contribution in [0, 0.1) is 5.41 Å². The van der Waals surface area contributed by atoms with Gasteiger partial charge in [-0.05, 0) is 70.6 Å². The van der Waals surface area contributed by atoms with E-state index in [1.54, 1.807) is 25.3 Å². The Bertz CT molecular complexity index is 1300. The molecule has 1 unspecified atom stereocenters. The summed E-state index contributed by atoms with van der Waals surface area (Å²) in [6, 6.07) is 11.0. The van der Waals surface area contributed by atoms with Crippen LogP contribution in [0.5, 0.6) is 11.5 Å². The van der Waals surface area contributed by atoms with Crippen molar-refractivity contribution in [2.45, 2.75) is 46.1 Å². The van der Waals surface area contributed by atoms with Crippen molar-refractivity contribution in [1.82, 2.24) is 5.32 Å². The molecule has 2 aromatic rings. The molecule has 1 aliphatic heterocycles. The van der Waals surface area contributed by atoms with E-state index in [4.69, 9.17) is 25.8 Å². The van der Waals surface area contributed by atoms with Gasteiger partial charge in [0.2, 0.25) is 0 Å². The number of benzene rings is 2. The Morgan fingerprint density at radius 2 is 1.86 bits per heavy atom. The zero-order valence-corrected chi connectivity index (χ0v) is 23.3. The Morgan fingerprint density at radius 3 is 2.53 bits per heavy atom. The number of hydrogen-bond donors (Lipinski definition) is 1. The van der Waals surface area contributed by atoms with Crippen molar-refractivity contribution in [1.29, 1.82) is 0 Å². The van der Waals surface area contributed by atoms with Gasteiger partial charge in [0.15, 0.2) is 5.78 Å². The molecule has 0 radical (unpaired) electrons. The predicted octanol–water partition coefficient (Wildman–Crippen LogP) is 6.47. The molecule has 6 nitrogen and oxygen atoms in total. The molecule has 1 heterocycles. The smallest absolute Gasteiger partial charge is 0.336 e. The Balaban J connectivity index is 1.78. The third kappa shape index (κ3) is 5.18. The van der Waals surface area contributed by atoms with E-state index in [0.29, 0.717) is 46.2 Å². The van der Waals surface area contributed by atoms with Crippen molar-refractivity contribution >= 4 is 39.3 Å². The van der Waals surface area contributed by atoms with Crippen molar-refractivity contribution in [2.75, 3.05) is 14.2 Å². The van der Waals surface area contributed by atoms with Gasteiger partial charge in [0, 0.05) is 39.9 Å². The molecule has 1 aliphatic carbocycles. The first-order valence-electron chi connectivity index (χ1n) is 11.6. The van der Waals surface area contributed by atoms with E-state index in [1.807, 2.05) is 25.1 Å². The largest absolute Gasteiger partial charge is 0.496 e. The second-order valence-electron chi connectivity index (χ2n) is 9.86. The number of ketones is 1. The summed E-state index contributed by atoms with van der Waals surface area (Å²) in [5.74, 6) is 0.293. The van der Waals surface area contributed by atoms with E-state index in [9.17, 15) is 9.59 Å². The third-order valence-electron chi connectivity index (χ3n) is 6.56. The van der Waals surface area contributed by atoms with Crippen LogP contribution in [0.1, 0.15) is 50.7 Å². The predicted molar refractivity (Wildman–Crippen MR) is 142 cm³/mol. The van der Waals surface area contributed by atoms with Gasteiger partial charge in [-0.2, -0.15) is 0 Å². The van der Waals surface area contributed by atoms with E-state index in [2.05, 4.69) is 35.1 Å². The minimum atomic E-state index is -0.552. The Morgan fingerprint density at radius 1 is 1.14 bits per heavy atom. The van der Waals surface area contributed by atoms with Crippen LogP contribution in [0.3, 0.4) is 0 Å². The summed E-state index contributed by atoms with van der Waals surface area (Å²) >= 11 is 9.53. The lowest BCUT2D eigenvalue weighted by atomic mass is 9.68. The Labute approximate surface area is 224 Å². The van der Waals surface area contributed by atoms with Crippen LogP contribution in [0.15, 0.2) is 63.4 Å². The zero-order chi connectivity index (χ0) is 26.2. The van der Waals surface area contributed by atoms with Gasteiger partial charge in [0.05, 0.1) is 24.3 Å². The SMILES string of the molecule is COC(=O)C1=C(C)NC2=C(C(=O)CC(C)(C)C2)C1c1ccc(OC)c(COc2ccc(Cl)cc2Br)c1. The Kier molecular flexibility index (Phi) is 7.53. The molecule has 4 rings (SSSR count). The highest BCUT2D eigenvalue weighted by atomic mass is 79.9. The van der Waals surface area contributed by atoms with Gasteiger partial charge < -0.3 is 19.5 Å². The zero-order valence-electron chi connectivity index (χ0n) is 21.0. The first-order chi connectivity index (χ1) is 17.0. The van der Waals surface area contributed by atoms with Crippen LogP contribution < -0.4 is 14.8 Å². The minimum Gasteiger partial charge on any atom is -0.496 e. The fourth-order valence-electron chi connectivity index (χ4n) is 4.99. The van der Waals surface area contributed by atoms with Crippen molar-refractivity contribution < 1.29 is 23.8 Å². The minimum absolute atomic E-state index is 0.0337. The monoisotopic (exact) mass is 573 g/mol. The topological polar surface area (TPSA) is 73.9 Å². The molecular weight excluding hydrogens is 546 g/mol. The van der Waals surface area contributed by atoms with Crippen molar-refractivity contribution in [3.63, 3.8) is 0 Å². The summed E-state index contributed by atoms with van der Waals surface area (Å²) in [5, 5.41) is 3.93. The van der Waals surface area contributed by atoms with Gasteiger partial charge in [-0.15, -0.1) is 0 Å². The van der Waals surface area contributed by atoms with Crippen LogP contribution in [0.25, 0.3) is 0 Å². The second-order valence-corrected chi connectivity index (χ2v) is 11.1. The van der Waals surface area contributed by atoms with Crippen LogP contribution in [0.2, 0.25) is 5.02 Å². The van der Waals surface area contributed by atoms with Gasteiger partial charge in [-0.1, -0.05) is 31.5 Å². The number of ether oxygens (including phenoxy) is 3. The molecule has 2 aliphatic rings. The first kappa shape index (κ1) is 26.3. The molecular formula is C28H29BrClNO5. The van der Waals surface area contributed by atoms with Crippen LogP contribution in [0.4, 0.5) is 0 Å². The molecule has 2 aromatic carbocycles. The van der Waals surface area contributed by atoms with Gasteiger partial charge in [0.1, 0.15) is 18.1 Å². The van der Waals surface area contributed by atoms with Gasteiger partial charge >= 0.3 is 5.97 Å². The third-order valence-corrected chi connectivity index (χ3v) is 7.41. The lowest BCUT2D eigenvalue weighted by Gasteiger charge is -2.39. The number of Topliss-reactive ketones (excluding diaryl/α,β-unsaturated/α-hetero) is 1. The lowest BCUT2D eigenvalue weighted by Crippen LogP contribution is -2.38. The summed E-state index contributed by atoms with van der Waals surface area (Å²) in [5.41, 5.74) is 4.02. The number of dihydropyridines is 1. The molecule has 0 saturated heterocycles. The summed E-state index contributed by atoms with van der Waals surface area (Å²) in [4.78, 5) is 26.4. The summed E-state index contributed by atoms with van der Waals surface area (Å²) in [6.45, 7) is 6.22. The quantitative estimate of drug-likeness (QED) is 0.399. The number of hydrogen-bond acceptors (Lipinski definition) is 6. The van der Waals surface area contributed by atoms with E-state index in [-0.39, 0.29) is 17.8 Å². The summed E-state index contributed by atoms with van der Waals surface area (Å²) in [7, 11) is 2.95. The van der Waals surface area contributed by atoms with E-state index >= 15 is 0 Å². The highest BCUT2D eigenvalue weighted by Crippen LogP contribution is 2.47. The standard InChI is InChI=1S/C28H29BrClNO5/c1-15-24(27(33)35-5)25(26-20(31-15)12-28(2,3)13-21(26)32)16-6-8-22(34-4)17(10-16)14-36-23-9-7-18(30)11-19(23)29/h6-11,25,31H,12-14H2,1-5H3. The number of rotatable bonds is 6. The molecule has 1 atom stereocenters. The highest BCUT2D eigenvalue weighted by Gasteiger charge is 2.43. The maximum atomic E-state index is 13.4. The average Bonchev–Trinajstić information content (AvgIpc) is 2.81. The van der Waals surface area contributed by atoms with Crippen molar-refractivity contribution in [2.24, 2.45) is 5.41 Å². The van der Waals surface area contributed by atoms with E-state index < -0.39 is 11.9 Å². The fraction of sp³-hybridized carbons (Fsp3) is 0.357. The Hall–Kier alpha value is -2.77. The number of carbonyl (C=O) groups excluding carboxylic acids is 2. The van der Waals surface area contributed by atoms with Crippen molar-refractivity contribution in [3.05, 3.63) is 79.6 Å². The molecule has 0 aromatic heterocycles. The van der Waals surface area contributed by atoms with Gasteiger partial charge in [-0.25, -0.2) is 4.79 Å². The number of nitrogens with one attached hydrogen (secondary N) is 1. The second kappa shape index (κ2) is 10.3. The number of carbonyl (C=O) groups is 2. The molecule has 0 bridgehead atoms. The maximum absolute atomic E-state index is 13.4. The maximum Gasteiger partial charge on any atom is 0.336 e. The normalized spacial score (nSPS) is 19.0. The lowest BCUT2D eigenvalue weighted by molar-refractivity contribution is -0.136. The average molecular weight is 575 g/mol. The van der Waals surface area contributed by atoms with Gasteiger partial charge in [-0.3, -0.25) is 4.79 Å². The molecule has 0 fully saturated rings. The molecule has 0 spiro atoms.